The lowest BCUT2D eigenvalue weighted by atomic mass is 9.84. The van der Waals surface area contributed by atoms with E-state index < -0.39 is 0 Å². The Morgan fingerprint density at radius 3 is 2.52 bits per heavy atom. The molecule has 1 aromatic rings. The van der Waals surface area contributed by atoms with Crippen molar-refractivity contribution in [2.45, 2.75) is 64.1 Å². The van der Waals surface area contributed by atoms with Gasteiger partial charge >= 0.3 is 0 Å². The van der Waals surface area contributed by atoms with Crippen molar-refractivity contribution in [1.29, 1.82) is 0 Å². The van der Waals surface area contributed by atoms with Crippen LogP contribution in [0.1, 0.15) is 44.0 Å². The molecular formula is C15H28BrN5. The molecule has 1 unspecified atom stereocenters. The molecule has 5 nitrogen and oxygen atoms in total. The predicted octanol–water partition coefficient (Wildman–Crippen LogP) is 2.22. The lowest BCUT2D eigenvalue weighted by Crippen LogP contribution is -2.60. The van der Waals surface area contributed by atoms with Crippen LogP contribution in [0.5, 0.6) is 0 Å². The van der Waals surface area contributed by atoms with Crippen molar-refractivity contribution < 1.29 is 0 Å². The zero-order valence-electron chi connectivity index (χ0n) is 13.6. The second kappa shape index (κ2) is 6.77. The van der Waals surface area contributed by atoms with E-state index in [0.29, 0.717) is 0 Å². The Hall–Kier alpha value is -0.430. The van der Waals surface area contributed by atoms with Crippen LogP contribution < -0.4 is 11.3 Å². The highest BCUT2D eigenvalue weighted by atomic mass is 79.9. The molecule has 0 amide bonds. The van der Waals surface area contributed by atoms with E-state index in [1.807, 2.05) is 6.92 Å². The van der Waals surface area contributed by atoms with E-state index in [9.17, 15) is 0 Å². The van der Waals surface area contributed by atoms with Crippen LogP contribution in [0.4, 0.5) is 0 Å². The van der Waals surface area contributed by atoms with E-state index in [1.165, 1.54) is 31.4 Å². The number of rotatable bonds is 6. The van der Waals surface area contributed by atoms with Gasteiger partial charge < -0.3 is 4.90 Å². The number of nitrogens with one attached hydrogen (secondary N) is 1. The van der Waals surface area contributed by atoms with E-state index in [1.54, 1.807) is 0 Å². The van der Waals surface area contributed by atoms with Gasteiger partial charge in [-0.2, -0.15) is 5.10 Å². The molecule has 1 aromatic heterocycles. The molecule has 2 rings (SSSR count). The summed E-state index contributed by atoms with van der Waals surface area (Å²) >= 11 is 3.70. The van der Waals surface area contributed by atoms with E-state index in [4.69, 9.17) is 5.84 Å². The highest BCUT2D eigenvalue weighted by molar-refractivity contribution is 9.10. The molecule has 1 atom stereocenters. The summed E-state index contributed by atoms with van der Waals surface area (Å²) in [6.45, 7) is 5.06. The lowest BCUT2D eigenvalue weighted by molar-refractivity contribution is 0.103. The Labute approximate surface area is 136 Å². The van der Waals surface area contributed by atoms with Crippen molar-refractivity contribution in [2.75, 3.05) is 14.1 Å². The van der Waals surface area contributed by atoms with Crippen LogP contribution >= 0.6 is 15.9 Å². The molecule has 1 saturated carbocycles. The minimum atomic E-state index is 0.144. The third kappa shape index (κ3) is 3.04. The molecule has 1 heterocycles. The summed E-state index contributed by atoms with van der Waals surface area (Å²) < 4.78 is 3.21. The summed E-state index contributed by atoms with van der Waals surface area (Å²) in [6.07, 6.45) is 5.86. The predicted molar refractivity (Wildman–Crippen MR) is 90.0 cm³/mol. The van der Waals surface area contributed by atoms with Crippen molar-refractivity contribution in [2.24, 2.45) is 5.84 Å². The second-order valence-electron chi connectivity index (χ2n) is 6.29. The fourth-order valence-electron chi connectivity index (χ4n) is 3.76. The maximum atomic E-state index is 5.95. The van der Waals surface area contributed by atoms with Gasteiger partial charge in [0.2, 0.25) is 0 Å². The van der Waals surface area contributed by atoms with Gasteiger partial charge in [-0.25, -0.2) is 0 Å². The summed E-state index contributed by atoms with van der Waals surface area (Å²) in [5.74, 6) is 5.95. The van der Waals surface area contributed by atoms with Crippen molar-refractivity contribution in [3.63, 3.8) is 0 Å². The molecule has 1 aliphatic rings. The molecule has 21 heavy (non-hydrogen) atoms. The van der Waals surface area contributed by atoms with E-state index in [0.717, 1.165) is 23.1 Å². The Kier molecular flexibility index (Phi) is 5.46. The normalized spacial score (nSPS) is 19.4. The molecule has 0 bridgehead atoms. The highest BCUT2D eigenvalue weighted by Gasteiger charge is 2.43. The van der Waals surface area contributed by atoms with Crippen molar-refractivity contribution in [3.05, 3.63) is 15.9 Å². The first-order valence-electron chi connectivity index (χ1n) is 7.81. The molecule has 0 aromatic carbocycles. The van der Waals surface area contributed by atoms with Gasteiger partial charge in [-0.3, -0.25) is 16.0 Å². The summed E-state index contributed by atoms with van der Waals surface area (Å²) in [6, 6.07) is 0.229. The van der Waals surface area contributed by atoms with Gasteiger partial charge in [0.25, 0.3) is 0 Å². The summed E-state index contributed by atoms with van der Waals surface area (Å²) in [7, 11) is 4.35. The minimum Gasteiger partial charge on any atom is -0.302 e. The van der Waals surface area contributed by atoms with Gasteiger partial charge in [-0.1, -0.05) is 12.8 Å². The number of likely N-dealkylation sites (N-methyl/N-ethyl adjacent to an activating group) is 1. The quantitative estimate of drug-likeness (QED) is 0.605. The van der Waals surface area contributed by atoms with Crippen LogP contribution in [-0.4, -0.2) is 40.4 Å². The van der Waals surface area contributed by atoms with Gasteiger partial charge in [0.1, 0.15) is 0 Å². The Balaban J connectivity index is 2.31. The number of halogens is 1. The molecule has 1 fully saturated rings. The fourth-order valence-corrected chi connectivity index (χ4v) is 4.20. The number of aromatic nitrogens is 2. The van der Waals surface area contributed by atoms with Crippen LogP contribution in [0.3, 0.4) is 0 Å². The van der Waals surface area contributed by atoms with Gasteiger partial charge in [0.05, 0.1) is 15.9 Å². The van der Waals surface area contributed by atoms with Crippen molar-refractivity contribution in [1.82, 2.24) is 20.1 Å². The first-order valence-corrected chi connectivity index (χ1v) is 8.61. The van der Waals surface area contributed by atoms with E-state index in [2.05, 4.69) is 57.1 Å². The van der Waals surface area contributed by atoms with Crippen LogP contribution in [0.25, 0.3) is 0 Å². The number of hydrazine groups is 1. The topological polar surface area (TPSA) is 59.1 Å². The van der Waals surface area contributed by atoms with Gasteiger partial charge in [0, 0.05) is 24.5 Å². The monoisotopic (exact) mass is 357 g/mol. The zero-order valence-corrected chi connectivity index (χ0v) is 15.2. The largest absolute Gasteiger partial charge is 0.302 e. The first kappa shape index (κ1) is 16.9. The van der Waals surface area contributed by atoms with Crippen LogP contribution in [-0.2, 0) is 13.0 Å². The number of nitrogens with zero attached hydrogens (tertiary/aromatic N) is 3. The van der Waals surface area contributed by atoms with E-state index >= 15 is 0 Å². The second-order valence-corrected chi connectivity index (χ2v) is 7.08. The summed E-state index contributed by atoms with van der Waals surface area (Å²) in [5.41, 5.74) is 5.53. The average Bonchev–Trinajstić information content (AvgIpc) is 3.05. The number of aryl methyl sites for hydroxylation is 2. The first-order chi connectivity index (χ1) is 9.96. The average molecular weight is 358 g/mol. The molecule has 120 valence electrons. The van der Waals surface area contributed by atoms with Gasteiger partial charge in [0.15, 0.2) is 0 Å². The SMILES string of the molecule is CCn1nc(C)c(Br)c1CC(NN)C1(N(C)C)CCCC1. The molecule has 0 aliphatic heterocycles. The number of hydrogen-bond acceptors (Lipinski definition) is 4. The smallest absolute Gasteiger partial charge is 0.0738 e. The zero-order chi connectivity index (χ0) is 15.6. The Bertz CT molecular complexity index is 477. The number of hydrogen-bond donors (Lipinski definition) is 2. The standard InChI is InChI=1S/C15H28BrN5/c1-5-21-12(14(16)11(2)19-21)10-13(18-17)15(20(3)4)8-6-7-9-15/h13,18H,5-10,17H2,1-4H3. The molecular weight excluding hydrogens is 330 g/mol. The Morgan fingerprint density at radius 1 is 1.43 bits per heavy atom. The number of nitrogens with two attached hydrogens (primary N) is 1. The molecule has 0 spiro atoms. The van der Waals surface area contributed by atoms with Crippen molar-refractivity contribution >= 4 is 15.9 Å². The maximum absolute atomic E-state index is 5.95. The molecule has 0 radical (unpaired) electrons. The van der Waals surface area contributed by atoms with Crippen LogP contribution in [0.2, 0.25) is 0 Å². The highest BCUT2D eigenvalue weighted by Crippen LogP contribution is 2.38. The minimum absolute atomic E-state index is 0.144. The van der Waals surface area contributed by atoms with Gasteiger partial charge in [-0.15, -0.1) is 0 Å². The maximum Gasteiger partial charge on any atom is 0.0738 e. The lowest BCUT2D eigenvalue weighted by Gasteiger charge is -2.43. The van der Waals surface area contributed by atoms with Crippen LogP contribution in [0.15, 0.2) is 4.47 Å². The summed E-state index contributed by atoms with van der Waals surface area (Å²) in [4.78, 5) is 2.36. The van der Waals surface area contributed by atoms with Crippen LogP contribution in [0, 0.1) is 6.92 Å². The van der Waals surface area contributed by atoms with E-state index in [-0.39, 0.29) is 11.6 Å². The molecule has 3 N–H and O–H groups in total. The fraction of sp³-hybridized carbons (Fsp3) is 0.800. The summed E-state index contributed by atoms with van der Waals surface area (Å²) in [5, 5.41) is 4.60. The molecule has 0 saturated heterocycles. The third-order valence-electron chi connectivity index (χ3n) is 5.06. The van der Waals surface area contributed by atoms with Gasteiger partial charge in [-0.05, 0) is 56.7 Å². The molecule has 1 aliphatic carbocycles. The third-order valence-corrected chi connectivity index (χ3v) is 6.09. The Morgan fingerprint density at radius 2 is 2.05 bits per heavy atom. The van der Waals surface area contributed by atoms with Crippen molar-refractivity contribution in [3.8, 4) is 0 Å². The molecule has 6 heteroatoms.